The molecule has 2 aliphatic heterocycles. The van der Waals surface area contributed by atoms with E-state index in [1.165, 1.54) is 12.1 Å². The molecule has 2 aliphatic rings. The van der Waals surface area contributed by atoms with Crippen LogP contribution < -0.4 is 21.2 Å². The van der Waals surface area contributed by atoms with Gasteiger partial charge in [-0.05, 0) is 32.2 Å². The number of carbonyl (C=O) groups excluding carboxylic acids is 3. The van der Waals surface area contributed by atoms with E-state index in [1.54, 1.807) is 11.8 Å². The summed E-state index contributed by atoms with van der Waals surface area (Å²) in [6.45, 7) is 0.554. The Bertz CT molecular complexity index is 781. The fourth-order valence-corrected chi connectivity index (χ4v) is 5.56. The molecule has 1 unspecified atom stereocenters. The highest BCUT2D eigenvalue weighted by Crippen LogP contribution is 2.33. The minimum absolute atomic E-state index is 0.0589. The Kier molecular flexibility index (Phi) is 8.08. The molecule has 1 aromatic heterocycles. The van der Waals surface area contributed by atoms with Crippen molar-refractivity contribution in [1.82, 2.24) is 15.4 Å². The van der Waals surface area contributed by atoms with Gasteiger partial charge in [-0.2, -0.15) is 11.8 Å². The number of hydrogen-bond donors (Lipinski definition) is 5. The van der Waals surface area contributed by atoms with Crippen molar-refractivity contribution >= 4 is 29.5 Å². The van der Waals surface area contributed by atoms with E-state index in [9.17, 15) is 24.6 Å². The van der Waals surface area contributed by atoms with Crippen molar-refractivity contribution in [2.45, 2.75) is 62.3 Å². The molecule has 4 atom stereocenters. The van der Waals surface area contributed by atoms with Gasteiger partial charge in [-0.25, -0.2) is 9.59 Å². The summed E-state index contributed by atoms with van der Waals surface area (Å²) in [4.78, 5) is 42.1. The van der Waals surface area contributed by atoms with Gasteiger partial charge in [0, 0.05) is 29.6 Å². The summed E-state index contributed by atoms with van der Waals surface area (Å²) in [7, 11) is 0. The highest BCUT2D eigenvalue weighted by atomic mass is 32.2. The number of hydrogen-bond acceptors (Lipinski definition) is 8. The van der Waals surface area contributed by atoms with Crippen LogP contribution in [-0.2, 0) is 9.59 Å². The number of aromatic hydroxyl groups is 2. The summed E-state index contributed by atoms with van der Waals surface area (Å²) >= 11 is 1.77. The van der Waals surface area contributed by atoms with Gasteiger partial charge in [0.2, 0.25) is 11.8 Å². The maximum atomic E-state index is 12.8. The summed E-state index contributed by atoms with van der Waals surface area (Å²) in [5, 5.41) is 25.5. The molecule has 3 rings (SSSR count). The molecule has 172 valence electrons. The summed E-state index contributed by atoms with van der Waals surface area (Å²) in [5.74, 6) is -2.04. The minimum Gasteiger partial charge on any atom is -0.492 e. The number of unbranched alkanes of at least 4 members (excludes halogenated alkanes) is 2. The topological polar surface area (TPSA) is 156 Å². The van der Waals surface area contributed by atoms with E-state index < -0.39 is 23.6 Å². The molecule has 0 saturated carbocycles. The van der Waals surface area contributed by atoms with Crippen LogP contribution in [0, 0.1) is 5.92 Å². The minimum atomic E-state index is -0.988. The lowest BCUT2D eigenvalue weighted by atomic mass is 9.92. The van der Waals surface area contributed by atoms with Crippen molar-refractivity contribution < 1.29 is 29.4 Å². The number of carbonyl (C=O) groups is 3. The molecule has 0 aliphatic carbocycles. The monoisotopic (exact) mass is 454 g/mol. The molecule has 11 heteroatoms. The van der Waals surface area contributed by atoms with Crippen LogP contribution in [0.15, 0.2) is 12.1 Å². The Labute approximate surface area is 184 Å². The van der Waals surface area contributed by atoms with E-state index in [-0.39, 0.29) is 35.6 Å². The Balaban J connectivity index is 1.57. The third kappa shape index (κ3) is 5.85. The third-order valence-electron chi connectivity index (χ3n) is 5.70. The van der Waals surface area contributed by atoms with Gasteiger partial charge >= 0.3 is 12.0 Å². The summed E-state index contributed by atoms with van der Waals surface area (Å²) in [6, 6.07) is 2.39. The number of Topliss-reactive ketones (excluding diaryl/α,β-unsaturated/α-hetero) is 1. The number of rotatable bonds is 12. The van der Waals surface area contributed by atoms with Crippen molar-refractivity contribution in [2.75, 3.05) is 12.3 Å². The first-order valence-electron chi connectivity index (χ1n) is 10.6. The van der Waals surface area contributed by atoms with Crippen LogP contribution in [0.25, 0.3) is 0 Å². The number of thioether (sulfide) groups is 1. The Morgan fingerprint density at radius 1 is 1.19 bits per heavy atom. The van der Waals surface area contributed by atoms with Crippen LogP contribution in [0.1, 0.15) is 44.9 Å². The molecule has 2 saturated heterocycles. The van der Waals surface area contributed by atoms with Gasteiger partial charge in [-0.1, -0.05) is 12.8 Å². The van der Waals surface area contributed by atoms with Gasteiger partial charge in [-0.3, -0.25) is 4.79 Å². The van der Waals surface area contributed by atoms with Crippen molar-refractivity contribution in [3.8, 4) is 11.8 Å². The second-order valence-corrected chi connectivity index (χ2v) is 9.20. The average molecular weight is 455 g/mol. The predicted molar refractivity (Wildman–Crippen MR) is 115 cm³/mol. The van der Waals surface area contributed by atoms with E-state index in [4.69, 9.17) is 10.6 Å². The SMILES string of the molecule is NCCCCCC(=O)C(CCC[C@@H]1SC[C@@H]2NC(=O)N[C@@H]21)C(=O)On1c(O)ccc1O. The summed E-state index contributed by atoms with van der Waals surface area (Å²) < 4.78 is 0.605. The molecule has 0 aromatic carbocycles. The van der Waals surface area contributed by atoms with Gasteiger partial charge in [0.1, 0.15) is 11.7 Å². The second kappa shape index (κ2) is 10.8. The van der Waals surface area contributed by atoms with Crippen molar-refractivity contribution in [2.24, 2.45) is 11.7 Å². The number of urea groups is 1. The van der Waals surface area contributed by atoms with E-state index in [0.717, 1.165) is 25.0 Å². The van der Waals surface area contributed by atoms with Crippen molar-refractivity contribution in [3.63, 3.8) is 0 Å². The Hall–Kier alpha value is -2.40. The van der Waals surface area contributed by atoms with Gasteiger partial charge in [0.15, 0.2) is 0 Å². The molecular weight excluding hydrogens is 424 g/mol. The molecule has 0 bridgehead atoms. The number of nitrogens with one attached hydrogen (secondary N) is 2. The van der Waals surface area contributed by atoms with E-state index >= 15 is 0 Å². The fraction of sp³-hybridized carbons (Fsp3) is 0.650. The molecule has 0 spiro atoms. The smallest absolute Gasteiger partial charge is 0.343 e. The van der Waals surface area contributed by atoms with Gasteiger partial charge < -0.3 is 31.4 Å². The van der Waals surface area contributed by atoms with Gasteiger partial charge in [0.05, 0.1) is 12.1 Å². The van der Waals surface area contributed by atoms with E-state index in [1.807, 2.05) is 0 Å². The number of amides is 2. The van der Waals surface area contributed by atoms with Crippen LogP contribution >= 0.6 is 11.8 Å². The zero-order chi connectivity index (χ0) is 22.4. The molecular formula is C20H30N4O6S. The van der Waals surface area contributed by atoms with E-state index in [2.05, 4.69) is 10.6 Å². The standard InChI is InChI=1S/C20H30N4O6S/c21-10-3-1-2-6-14(25)12(19(28)30-24-16(26)8-9-17(24)27)5-4-7-15-18-13(11-31-15)22-20(29)23-18/h8-9,12-13,15,18,26-27H,1-7,10-11,21H2,(H2,22,23,29)/t12?,13-,15-,18-/m0/s1. The number of aromatic nitrogens is 1. The van der Waals surface area contributed by atoms with Crippen molar-refractivity contribution in [1.29, 1.82) is 0 Å². The Morgan fingerprint density at radius 2 is 1.94 bits per heavy atom. The highest BCUT2D eigenvalue weighted by molar-refractivity contribution is 8.00. The zero-order valence-electron chi connectivity index (χ0n) is 17.3. The second-order valence-electron chi connectivity index (χ2n) is 7.93. The van der Waals surface area contributed by atoms with Crippen LogP contribution in [0.2, 0.25) is 0 Å². The molecule has 0 radical (unpaired) electrons. The lowest BCUT2D eigenvalue weighted by Crippen LogP contribution is -2.37. The molecule has 1 aromatic rings. The number of ketones is 1. The van der Waals surface area contributed by atoms with Crippen LogP contribution in [-0.4, -0.2) is 62.4 Å². The number of fused-ring (bicyclic) bond motifs is 1. The first kappa shape index (κ1) is 23.3. The number of nitrogens with zero attached hydrogens (tertiary/aromatic N) is 1. The molecule has 3 heterocycles. The summed E-state index contributed by atoms with van der Waals surface area (Å²) in [5.41, 5.74) is 5.49. The number of nitrogens with two attached hydrogens (primary N) is 1. The maximum absolute atomic E-state index is 12.8. The average Bonchev–Trinajstić information content (AvgIpc) is 3.38. The fourth-order valence-electron chi connectivity index (χ4n) is 4.02. The maximum Gasteiger partial charge on any atom is 0.343 e. The molecule has 2 fully saturated rings. The third-order valence-corrected chi connectivity index (χ3v) is 7.21. The van der Waals surface area contributed by atoms with Crippen LogP contribution in [0.4, 0.5) is 4.79 Å². The quantitative estimate of drug-likeness (QED) is 0.177. The lowest BCUT2D eigenvalue weighted by molar-refractivity contribution is -0.154. The molecule has 6 N–H and O–H groups in total. The van der Waals surface area contributed by atoms with Crippen LogP contribution in [0.5, 0.6) is 11.8 Å². The molecule has 10 nitrogen and oxygen atoms in total. The molecule has 2 amide bonds. The first-order chi connectivity index (χ1) is 14.9. The zero-order valence-corrected chi connectivity index (χ0v) is 18.1. The van der Waals surface area contributed by atoms with E-state index in [0.29, 0.717) is 30.5 Å². The largest absolute Gasteiger partial charge is 0.492 e. The lowest BCUT2D eigenvalue weighted by Gasteiger charge is -2.19. The molecule has 31 heavy (non-hydrogen) atoms. The first-order valence-corrected chi connectivity index (χ1v) is 11.7. The van der Waals surface area contributed by atoms with Gasteiger partial charge in [0.25, 0.3) is 0 Å². The Morgan fingerprint density at radius 3 is 2.65 bits per heavy atom. The van der Waals surface area contributed by atoms with Crippen molar-refractivity contribution in [3.05, 3.63) is 12.1 Å². The summed E-state index contributed by atoms with van der Waals surface area (Å²) in [6.07, 6.45) is 4.15. The highest BCUT2D eigenvalue weighted by Gasteiger charge is 2.42. The van der Waals surface area contributed by atoms with Gasteiger partial charge in [-0.15, -0.1) is 4.73 Å². The van der Waals surface area contributed by atoms with Crippen LogP contribution in [0.3, 0.4) is 0 Å². The predicted octanol–water partition coefficient (Wildman–Crippen LogP) is 0.895. The normalized spacial score (nSPS) is 23.1.